The molecule has 2 aromatic carbocycles. The molecule has 3 atom stereocenters. The first-order valence-corrected chi connectivity index (χ1v) is 9.87. The standard InChI is InChI=1S/C24H26O4/c1-2-9-21(25)28-22-23-26-17-20(27-23)16-24(22,14-18-10-5-3-6-11-18)15-19-12-7-4-8-13-19/h2-13,20,22-23H,14-17H2,1H3/b9-2+/t20-,22+,23+/m0/s1. The second-order valence-electron chi connectivity index (χ2n) is 7.71. The van der Waals surface area contributed by atoms with Gasteiger partial charge in [-0.05, 0) is 37.3 Å². The van der Waals surface area contributed by atoms with Crippen LogP contribution in [0, 0.1) is 5.41 Å². The topological polar surface area (TPSA) is 44.8 Å². The van der Waals surface area contributed by atoms with E-state index in [4.69, 9.17) is 14.2 Å². The predicted molar refractivity (Wildman–Crippen MR) is 107 cm³/mol. The lowest BCUT2D eigenvalue weighted by Gasteiger charge is -2.45. The van der Waals surface area contributed by atoms with Crippen LogP contribution >= 0.6 is 0 Å². The van der Waals surface area contributed by atoms with Crippen LogP contribution in [0.1, 0.15) is 24.5 Å². The van der Waals surface area contributed by atoms with E-state index < -0.39 is 12.4 Å². The number of allylic oxidation sites excluding steroid dienone is 1. The number of benzene rings is 2. The van der Waals surface area contributed by atoms with E-state index in [1.807, 2.05) is 19.1 Å². The zero-order chi connectivity index (χ0) is 19.4. The van der Waals surface area contributed by atoms with E-state index in [1.54, 1.807) is 6.08 Å². The molecule has 0 unspecified atom stereocenters. The summed E-state index contributed by atoms with van der Waals surface area (Å²) < 4.78 is 17.8. The van der Waals surface area contributed by atoms with Crippen molar-refractivity contribution >= 4 is 5.97 Å². The Bertz CT molecular complexity index is 774. The first-order valence-electron chi connectivity index (χ1n) is 9.87. The van der Waals surface area contributed by atoms with Gasteiger partial charge in [0.1, 0.15) is 0 Å². The Balaban J connectivity index is 1.72. The normalized spacial score (nSPS) is 25.7. The molecule has 2 aliphatic rings. The van der Waals surface area contributed by atoms with Crippen molar-refractivity contribution in [2.75, 3.05) is 6.61 Å². The summed E-state index contributed by atoms with van der Waals surface area (Å²) in [5, 5.41) is 0. The van der Waals surface area contributed by atoms with Crippen LogP contribution < -0.4 is 0 Å². The first kappa shape index (κ1) is 18.9. The Morgan fingerprint density at radius 1 is 1.07 bits per heavy atom. The van der Waals surface area contributed by atoms with Gasteiger partial charge in [0.05, 0.1) is 12.7 Å². The number of carbonyl (C=O) groups is 1. The Morgan fingerprint density at radius 3 is 2.25 bits per heavy atom. The molecule has 4 nitrogen and oxygen atoms in total. The average molecular weight is 378 g/mol. The molecule has 146 valence electrons. The first-order chi connectivity index (χ1) is 13.7. The molecule has 4 heteroatoms. The van der Waals surface area contributed by atoms with E-state index in [0.29, 0.717) is 6.61 Å². The van der Waals surface area contributed by atoms with Gasteiger partial charge in [-0.25, -0.2) is 4.79 Å². The van der Waals surface area contributed by atoms with Gasteiger partial charge in [-0.15, -0.1) is 0 Å². The van der Waals surface area contributed by atoms with Crippen LogP contribution in [0.5, 0.6) is 0 Å². The summed E-state index contributed by atoms with van der Waals surface area (Å²) >= 11 is 0. The maximum atomic E-state index is 12.4. The Hall–Kier alpha value is -2.43. The fraction of sp³-hybridized carbons (Fsp3) is 0.375. The van der Waals surface area contributed by atoms with E-state index in [0.717, 1.165) is 19.3 Å². The number of hydrogen-bond donors (Lipinski definition) is 0. The van der Waals surface area contributed by atoms with E-state index in [9.17, 15) is 4.79 Å². The molecule has 4 rings (SSSR count). The molecule has 2 heterocycles. The quantitative estimate of drug-likeness (QED) is 0.561. The smallest absolute Gasteiger partial charge is 0.330 e. The predicted octanol–water partition coefficient (Wildman–Crippen LogP) is 4.09. The van der Waals surface area contributed by atoms with E-state index >= 15 is 0 Å². The molecule has 0 aromatic heterocycles. The maximum Gasteiger partial charge on any atom is 0.330 e. The molecule has 2 bridgehead atoms. The largest absolute Gasteiger partial charge is 0.453 e. The summed E-state index contributed by atoms with van der Waals surface area (Å²) in [5.74, 6) is -0.351. The molecule has 0 radical (unpaired) electrons. The van der Waals surface area contributed by atoms with Crippen molar-refractivity contribution in [3.8, 4) is 0 Å². The van der Waals surface area contributed by atoms with Crippen LogP contribution in [0.15, 0.2) is 72.8 Å². The van der Waals surface area contributed by atoms with Gasteiger partial charge in [-0.2, -0.15) is 0 Å². The van der Waals surface area contributed by atoms with Crippen LogP contribution in [0.25, 0.3) is 0 Å². The summed E-state index contributed by atoms with van der Waals surface area (Å²) in [5.41, 5.74) is 2.17. The third-order valence-corrected chi connectivity index (χ3v) is 5.60. The van der Waals surface area contributed by atoms with Gasteiger partial charge in [-0.1, -0.05) is 66.7 Å². The Morgan fingerprint density at radius 2 is 1.68 bits per heavy atom. The van der Waals surface area contributed by atoms with Gasteiger partial charge < -0.3 is 14.2 Å². The summed E-state index contributed by atoms with van der Waals surface area (Å²) in [7, 11) is 0. The number of rotatable bonds is 6. The van der Waals surface area contributed by atoms with Crippen molar-refractivity contribution in [2.24, 2.45) is 5.41 Å². The third-order valence-electron chi connectivity index (χ3n) is 5.60. The van der Waals surface area contributed by atoms with Gasteiger partial charge in [0, 0.05) is 11.5 Å². The van der Waals surface area contributed by atoms with E-state index in [1.165, 1.54) is 17.2 Å². The Kier molecular flexibility index (Phi) is 5.60. The average Bonchev–Trinajstić information content (AvgIpc) is 3.10. The number of carbonyl (C=O) groups excluding carboxylic acids is 1. The van der Waals surface area contributed by atoms with Gasteiger partial charge in [0.2, 0.25) is 0 Å². The zero-order valence-electron chi connectivity index (χ0n) is 16.1. The highest BCUT2D eigenvalue weighted by atomic mass is 16.7. The molecule has 0 amide bonds. The van der Waals surface area contributed by atoms with Crippen LogP contribution in [0.4, 0.5) is 0 Å². The highest BCUT2D eigenvalue weighted by Gasteiger charge is 2.55. The lowest BCUT2D eigenvalue weighted by molar-refractivity contribution is -0.221. The fourth-order valence-electron chi connectivity index (χ4n) is 4.49. The second-order valence-corrected chi connectivity index (χ2v) is 7.71. The molecule has 2 aromatic rings. The van der Waals surface area contributed by atoms with Gasteiger partial charge in [0.25, 0.3) is 0 Å². The summed E-state index contributed by atoms with van der Waals surface area (Å²) in [6, 6.07) is 20.8. The Labute approximate surface area is 166 Å². The summed E-state index contributed by atoms with van der Waals surface area (Å²) in [6.45, 7) is 2.36. The van der Waals surface area contributed by atoms with Crippen molar-refractivity contribution in [3.63, 3.8) is 0 Å². The zero-order valence-corrected chi connectivity index (χ0v) is 16.1. The molecule has 0 aliphatic carbocycles. The summed E-state index contributed by atoms with van der Waals surface area (Å²) in [4.78, 5) is 12.4. The minimum absolute atomic E-state index is 0.0362. The van der Waals surface area contributed by atoms with Crippen molar-refractivity contribution in [1.82, 2.24) is 0 Å². The molecule has 2 fully saturated rings. The number of fused-ring (bicyclic) bond motifs is 2. The molecule has 0 spiro atoms. The lowest BCUT2D eigenvalue weighted by Crippen LogP contribution is -2.53. The molecule has 2 aliphatic heterocycles. The number of hydrogen-bond acceptors (Lipinski definition) is 4. The van der Waals surface area contributed by atoms with Crippen LogP contribution in [0.2, 0.25) is 0 Å². The maximum absolute atomic E-state index is 12.4. The minimum atomic E-state index is -0.514. The lowest BCUT2D eigenvalue weighted by atomic mass is 9.67. The molecule has 28 heavy (non-hydrogen) atoms. The van der Waals surface area contributed by atoms with Gasteiger partial charge in [0.15, 0.2) is 12.4 Å². The SMILES string of the molecule is C/C=C/C(=O)O[C@@H]1[C@@H]2OC[C@H](CC1(Cc1ccccc1)Cc1ccccc1)O2. The number of ether oxygens (including phenoxy) is 3. The van der Waals surface area contributed by atoms with Crippen LogP contribution in [0.3, 0.4) is 0 Å². The molecule has 0 saturated carbocycles. The van der Waals surface area contributed by atoms with Gasteiger partial charge >= 0.3 is 5.97 Å². The van der Waals surface area contributed by atoms with E-state index in [-0.39, 0.29) is 17.5 Å². The van der Waals surface area contributed by atoms with Crippen molar-refractivity contribution < 1.29 is 19.0 Å². The molecular weight excluding hydrogens is 352 g/mol. The second kappa shape index (κ2) is 8.29. The third kappa shape index (κ3) is 4.03. The molecular formula is C24H26O4. The fourth-order valence-corrected chi connectivity index (χ4v) is 4.49. The van der Waals surface area contributed by atoms with Crippen LogP contribution in [-0.4, -0.2) is 31.1 Å². The molecule has 2 saturated heterocycles. The van der Waals surface area contributed by atoms with Crippen LogP contribution in [-0.2, 0) is 31.8 Å². The monoisotopic (exact) mass is 378 g/mol. The van der Waals surface area contributed by atoms with E-state index in [2.05, 4.69) is 48.5 Å². The number of esters is 1. The van der Waals surface area contributed by atoms with Crippen molar-refractivity contribution in [1.29, 1.82) is 0 Å². The van der Waals surface area contributed by atoms with Crippen molar-refractivity contribution in [3.05, 3.63) is 83.9 Å². The van der Waals surface area contributed by atoms with Crippen molar-refractivity contribution in [2.45, 2.75) is 44.7 Å². The minimum Gasteiger partial charge on any atom is -0.453 e. The summed E-state index contributed by atoms with van der Waals surface area (Å²) in [6.07, 6.45) is 4.61. The van der Waals surface area contributed by atoms with Gasteiger partial charge in [-0.3, -0.25) is 0 Å². The highest BCUT2D eigenvalue weighted by Crippen LogP contribution is 2.47. The highest BCUT2D eigenvalue weighted by molar-refractivity contribution is 5.82. The molecule has 0 N–H and O–H groups in total.